The summed E-state index contributed by atoms with van der Waals surface area (Å²) in [6.45, 7) is 5.55. The summed E-state index contributed by atoms with van der Waals surface area (Å²) in [6.07, 6.45) is 0. The first kappa shape index (κ1) is 14.3. The van der Waals surface area contributed by atoms with Crippen molar-refractivity contribution >= 4 is 11.6 Å². The van der Waals surface area contributed by atoms with Gasteiger partial charge in [-0.15, -0.1) is 0 Å². The molecule has 1 aromatic carbocycles. The lowest BCUT2D eigenvalue weighted by Crippen LogP contribution is -2.30. The lowest BCUT2D eigenvalue weighted by molar-refractivity contribution is -0.120. The molecule has 0 fully saturated rings. The monoisotopic (exact) mass is 272 g/mol. The highest BCUT2D eigenvalue weighted by molar-refractivity contribution is 5.93. The summed E-state index contributed by atoms with van der Waals surface area (Å²) >= 11 is 0. The number of hydrogen-bond donors (Lipinski definition) is 3. The van der Waals surface area contributed by atoms with Crippen LogP contribution < -0.4 is 11.1 Å². The molecule has 5 heteroatoms. The molecule has 2 aromatic rings. The van der Waals surface area contributed by atoms with Gasteiger partial charge in [0.15, 0.2) is 0 Å². The van der Waals surface area contributed by atoms with Gasteiger partial charge in [0.05, 0.1) is 23.0 Å². The van der Waals surface area contributed by atoms with E-state index >= 15 is 0 Å². The predicted octanol–water partition coefficient (Wildman–Crippen LogP) is 2.30. The highest BCUT2D eigenvalue weighted by Crippen LogP contribution is 2.22. The fourth-order valence-electron chi connectivity index (χ4n) is 2.10. The third kappa shape index (κ3) is 2.88. The first-order chi connectivity index (χ1) is 9.50. The van der Waals surface area contributed by atoms with Gasteiger partial charge in [0.25, 0.3) is 0 Å². The second kappa shape index (κ2) is 5.88. The number of carbonyl (C=O) groups excluding carboxylic acids is 1. The zero-order chi connectivity index (χ0) is 14.7. The van der Waals surface area contributed by atoms with E-state index in [0.29, 0.717) is 0 Å². The molecule has 1 heterocycles. The van der Waals surface area contributed by atoms with Gasteiger partial charge in [-0.2, -0.15) is 5.10 Å². The molecular weight excluding hydrogens is 252 g/mol. The van der Waals surface area contributed by atoms with Gasteiger partial charge in [-0.05, 0) is 19.4 Å². The van der Waals surface area contributed by atoms with Crippen molar-refractivity contribution in [1.29, 1.82) is 0 Å². The molecule has 5 nitrogen and oxygen atoms in total. The Labute approximate surface area is 118 Å². The first-order valence-corrected chi connectivity index (χ1v) is 6.63. The Morgan fingerprint density at radius 1 is 1.30 bits per heavy atom. The number of anilines is 1. The summed E-state index contributed by atoms with van der Waals surface area (Å²) in [5.41, 5.74) is 9.47. The van der Waals surface area contributed by atoms with Crippen LogP contribution in [0.25, 0.3) is 0 Å². The molecule has 0 bridgehead atoms. The number of aryl methyl sites for hydroxylation is 2. The highest BCUT2D eigenvalue weighted by atomic mass is 16.1. The fraction of sp³-hybridized carbons (Fsp3) is 0.333. The quantitative estimate of drug-likeness (QED) is 0.798. The molecule has 0 aliphatic rings. The molecule has 4 N–H and O–H groups in total. The number of carbonyl (C=O) groups is 1. The Bertz CT molecular complexity index is 572. The molecule has 0 saturated heterocycles. The van der Waals surface area contributed by atoms with Crippen LogP contribution in [0.3, 0.4) is 0 Å². The Morgan fingerprint density at radius 2 is 1.95 bits per heavy atom. The number of rotatable bonds is 4. The zero-order valence-corrected chi connectivity index (χ0v) is 12.0. The van der Waals surface area contributed by atoms with Crippen LogP contribution in [0, 0.1) is 19.8 Å². The second-order valence-corrected chi connectivity index (χ2v) is 5.02. The van der Waals surface area contributed by atoms with E-state index in [9.17, 15) is 4.79 Å². The highest BCUT2D eigenvalue weighted by Gasteiger charge is 2.23. The van der Waals surface area contributed by atoms with Gasteiger partial charge in [-0.1, -0.05) is 37.3 Å². The van der Waals surface area contributed by atoms with Crippen LogP contribution in [0.4, 0.5) is 5.69 Å². The predicted molar refractivity (Wildman–Crippen MR) is 79.2 cm³/mol. The maximum absolute atomic E-state index is 12.3. The van der Waals surface area contributed by atoms with E-state index in [1.807, 2.05) is 51.1 Å². The van der Waals surface area contributed by atoms with E-state index in [0.717, 1.165) is 22.6 Å². The van der Waals surface area contributed by atoms with Crippen molar-refractivity contribution in [2.24, 2.45) is 11.7 Å². The average Bonchev–Trinajstić information content (AvgIpc) is 2.78. The van der Waals surface area contributed by atoms with Crippen LogP contribution in [0.15, 0.2) is 30.3 Å². The molecule has 0 radical (unpaired) electrons. The van der Waals surface area contributed by atoms with Gasteiger partial charge in [0.1, 0.15) is 0 Å². The third-order valence-corrected chi connectivity index (χ3v) is 3.51. The summed E-state index contributed by atoms with van der Waals surface area (Å²) in [5.74, 6) is -0.431. The Balaban J connectivity index is 2.09. The normalized spacial score (nSPS) is 13.8. The number of benzene rings is 1. The molecule has 2 unspecified atom stereocenters. The SMILES string of the molecule is Cc1n[nH]c(C)c1NC(=O)C(C)C(N)c1ccccc1. The summed E-state index contributed by atoms with van der Waals surface area (Å²) in [5, 5.41) is 9.80. The van der Waals surface area contributed by atoms with Crippen molar-refractivity contribution in [3.8, 4) is 0 Å². The van der Waals surface area contributed by atoms with E-state index in [4.69, 9.17) is 5.73 Å². The first-order valence-electron chi connectivity index (χ1n) is 6.63. The molecule has 106 valence electrons. The van der Waals surface area contributed by atoms with Crippen molar-refractivity contribution in [1.82, 2.24) is 10.2 Å². The molecule has 0 spiro atoms. The van der Waals surface area contributed by atoms with Crippen molar-refractivity contribution in [2.45, 2.75) is 26.8 Å². The number of nitrogens with one attached hydrogen (secondary N) is 2. The Kier molecular flexibility index (Phi) is 4.20. The number of nitrogens with two attached hydrogens (primary N) is 1. The van der Waals surface area contributed by atoms with Gasteiger partial charge >= 0.3 is 0 Å². The van der Waals surface area contributed by atoms with E-state index in [-0.39, 0.29) is 17.9 Å². The minimum absolute atomic E-state index is 0.103. The molecular formula is C15H20N4O. The lowest BCUT2D eigenvalue weighted by Gasteiger charge is -2.19. The van der Waals surface area contributed by atoms with Crippen LogP contribution in [0.1, 0.15) is 29.9 Å². The summed E-state index contributed by atoms with van der Waals surface area (Å²) in [7, 11) is 0. The third-order valence-electron chi connectivity index (χ3n) is 3.51. The van der Waals surface area contributed by atoms with Crippen molar-refractivity contribution < 1.29 is 4.79 Å². The van der Waals surface area contributed by atoms with E-state index in [1.54, 1.807) is 0 Å². The molecule has 2 rings (SSSR count). The van der Waals surface area contributed by atoms with Gasteiger partial charge in [-0.25, -0.2) is 0 Å². The maximum atomic E-state index is 12.3. The molecule has 1 aromatic heterocycles. The molecule has 0 saturated carbocycles. The van der Waals surface area contributed by atoms with Crippen LogP contribution in [-0.2, 0) is 4.79 Å². The minimum atomic E-state index is -0.330. The van der Waals surface area contributed by atoms with Crippen LogP contribution in [0.5, 0.6) is 0 Å². The van der Waals surface area contributed by atoms with Gasteiger partial charge < -0.3 is 11.1 Å². The van der Waals surface area contributed by atoms with E-state index in [2.05, 4.69) is 15.5 Å². The summed E-state index contributed by atoms with van der Waals surface area (Å²) < 4.78 is 0. The van der Waals surface area contributed by atoms with Crippen molar-refractivity contribution in [2.75, 3.05) is 5.32 Å². The smallest absolute Gasteiger partial charge is 0.229 e. The Hall–Kier alpha value is -2.14. The second-order valence-electron chi connectivity index (χ2n) is 5.02. The molecule has 20 heavy (non-hydrogen) atoms. The maximum Gasteiger partial charge on any atom is 0.229 e. The minimum Gasteiger partial charge on any atom is -0.323 e. The number of nitrogens with zero attached hydrogens (tertiary/aromatic N) is 1. The lowest BCUT2D eigenvalue weighted by atomic mass is 9.94. The molecule has 1 amide bonds. The van der Waals surface area contributed by atoms with Crippen molar-refractivity contribution in [3.05, 3.63) is 47.3 Å². The topological polar surface area (TPSA) is 83.8 Å². The van der Waals surface area contributed by atoms with Crippen LogP contribution in [0.2, 0.25) is 0 Å². The van der Waals surface area contributed by atoms with E-state index < -0.39 is 0 Å². The number of aromatic amines is 1. The fourth-order valence-corrected chi connectivity index (χ4v) is 2.10. The summed E-state index contributed by atoms with van der Waals surface area (Å²) in [6, 6.07) is 9.31. The largest absolute Gasteiger partial charge is 0.323 e. The zero-order valence-electron chi connectivity index (χ0n) is 12.0. The molecule has 2 atom stereocenters. The number of aromatic nitrogens is 2. The standard InChI is InChI=1S/C15H20N4O/c1-9(13(16)12-7-5-4-6-8-12)15(20)17-14-10(2)18-19-11(14)3/h4-9,13H,16H2,1-3H3,(H,17,20)(H,18,19). The molecule has 0 aliphatic carbocycles. The number of hydrogen-bond acceptors (Lipinski definition) is 3. The van der Waals surface area contributed by atoms with Gasteiger partial charge in [-0.3, -0.25) is 9.89 Å². The number of H-pyrrole nitrogens is 1. The van der Waals surface area contributed by atoms with Gasteiger partial charge in [0.2, 0.25) is 5.91 Å². The number of amides is 1. The van der Waals surface area contributed by atoms with Crippen molar-refractivity contribution in [3.63, 3.8) is 0 Å². The average molecular weight is 272 g/mol. The molecule has 0 aliphatic heterocycles. The van der Waals surface area contributed by atoms with E-state index in [1.165, 1.54) is 0 Å². The van der Waals surface area contributed by atoms with Gasteiger partial charge in [0, 0.05) is 6.04 Å². The summed E-state index contributed by atoms with van der Waals surface area (Å²) in [4.78, 5) is 12.3. The van der Waals surface area contributed by atoms with Crippen LogP contribution >= 0.6 is 0 Å². The Morgan fingerprint density at radius 3 is 2.50 bits per heavy atom. The van der Waals surface area contributed by atoms with Crippen LogP contribution in [-0.4, -0.2) is 16.1 Å².